The molecule has 2 amide bonds. The van der Waals surface area contributed by atoms with Crippen molar-refractivity contribution in [2.75, 3.05) is 0 Å². The predicted molar refractivity (Wildman–Crippen MR) is 101 cm³/mol. The minimum atomic E-state index is -0.736. The molecule has 0 unspecified atom stereocenters. The maximum Gasteiger partial charge on any atom is 0.312 e. The summed E-state index contributed by atoms with van der Waals surface area (Å²) in [4.78, 5) is 28.6. The van der Waals surface area contributed by atoms with E-state index in [-0.39, 0.29) is 13.0 Å². The zero-order chi connectivity index (χ0) is 19.2. The second-order valence-electron chi connectivity index (χ2n) is 5.60. The molecule has 0 spiro atoms. The van der Waals surface area contributed by atoms with Crippen LogP contribution >= 0.6 is 22.9 Å². The lowest BCUT2D eigenvalue weighted by molar-refractivity contribution is -0.145. The highest BCUT2D eigenvalue weighted by Crippen LogP contribution is 2.24. The van der Waals surface area contributed by atoms with E-state index >= 15 is 0 Å². The van der Waals surface area contributed by atoms with Crippen LogP contribution in [0.4, 0.5) is 4.79 Å². The van der Waals surface area contributed by atoms with Gasteiger partial charge in [0.2, 0.25) is 5.89 Å². The standard InChI is InChI=1S/C18H16ClN3O4S/c19-12-5-3-11(4-6-12)14(22-18(20)24)8-16(23)25-9-13-10-26-17(21-13)15-2-1-7-27-15/h1-7,10,14H,8-9H2,(H3,20,22,24)/t14-/m1/s1. The lowest BCUT2D eigenvalue weighted by Gasteiger charge is -2.17. The molecule has 1 atom stereocenters. The molecule has 0 bridgehead atoms. The number of thiophene rings is 1. The van der Waals surface area contributed by atoms with E-state index in [0.717, 1.165) is 4.88 Å². The van der Waals surface area contributed by atoms with Crippen LogP contribution in [-0.4, -0.2) is 17.0 Å². The van der Waals surface area contributed by atoms with Crippen LogP contribution in [0.3, 0.4) is 0 Å². The third kappa shape index (κ3) is 5.32. The molecule has 0 aliphatic rings. The van der Waals surface area contributed by atoms with E-state index in [0.29, 0.717) is 22.2 Å². The van der Waals surface area contributed by atoms with Gasteiger partial charge < -0.3 is 20.2 Å². The Morgan fingerprint density at radius 1 is 1.30 bits per heavy atom. The second kappa shape index (κ2) is 8.70. The molecule has 2 heterocycles. The van der Waals surface area contributed by atoms with E-state index in [2.05, 4.69) is 10.3 Å². The van der Waals surface area contributed by atoms with Gasteiger partial charge in [0.05, 0.1) is 17.3 Å². The highest BCUT2D eigenvalue weighted by molar-refractivity contribution is 7.13. The Balaban J connectivity index is 1.59. The summed E-state index contributed by atoms with van der Waals surface area (Å²) in [7, 11) is 0. The van der Waals surface area contributed by atoms with Crippen molar-refractivity contribution < 1.29 is 18.7 Å². The summed E-state index contributed by atoms with van der Waals surface area (Å²) in [5.41, 5.74) is 6.39. The SMILES string of the molecule is NC(=O)N[C@H](CC(=O)OCc1coc(-c2cccs2)n1)c1ccc(Cl)cc1. The van der Waals surface area contributed by atoms with Crippen molar-refractivity contribution in [2.45, 2.75) is 19.1 Å². The summed E-state index contributed by atoms with van der Waals surface area (Å²) >= 11 is 7.37. The smallest absolute Gasteiger partial charge is 0.312 e. The summed E-state index contributed by atoms with van der Waals surface area (Å²) in [6, 6.07) is 9.18. The van der Waals surface area contributed by atoms with Crippen LogP contribution in [0.15, 0.2) is 52.5 Å². The lowest BCUT2D eigenvalue weighted by Crippen LogP contribution is -2.34. The van der Waals surface area contributed by atoms with Crippen molar-refractivity contribution in [3.63, 3.8) is 0 Å². The van der Waals surface area contributed by atoms with Crippen molar-refractivity contribution in [3.05, 3.63) is 64.3 Å². The fourth-order valence-electron chi connectivity index (χ4n) is 2.39. The summed E-state index contributed by atoms with van der Waals surface area (Å²) in [5, 5.41) is 5.00. The van der Waals surface area contributed by atoms with Crippen molar-refractivity contribution in [1.82, 2.24) is 10.3 Å². The Morgan fingerprint density at radius 2 is 2.07 bits per heavy atom. The number of aromatic nitrogens is 1. The van der Waals surface area contributed by atoms with Gasteiger partial charge in [-0.25, -0.2) is 9.78 Å². The molecule has 0 radical (unpaired) electrons. The second-order valence-corrected chi connectivity index (χ2v) is 6.98. The molecular weight excluding hydrogens is 390 g/mol. The van der Waals surface area contributed by atoms with Crippen LogP contribution in [0, 0.1) is 0 Å². The molecular formula is C18H16ClN3O4S. The van der Waals surface area contributed by atoms with Gasteiger partial charge in [0.25, 0.3) is 0 Å². The van der Waals surface area contributed by atoms with Crippen molar-refractivity contribution >= 4 is 34.9 Å². The highest BCUT2D eigenvalue weighted by Gasteiger charge is 2.19. The van der Waals surface area contributed by atoms with Crippen LogP contribution in [0.25, 0.3) is 10.8 Å². The Bertz CT molecular complexity index is 909. The van der Waals surface area contributed by atoms with E-state index < -0.39 is 18.0 Å². The van der Waals surface area contributed by atoms with Crippen molar-refractivity contribution in [2.24, 2.45) is 5.73 Å². The average molecular weight is 406 g/mol. The van der Waals surface area contributed by atoms with E-state index in [9.17, 15) is 9.59 Å². The van der Waals surface area contributed by atoms with E-state index in [4.69, 9.17) is 26.5 Å². The highest BCUT2D eigenvalue weighted by atomic mass is 35.5. The molecule has 9 heteroatoms. The van der Waals surface area contributed by atoms with Crippen LogP contribution in [-0.2, 0) is 16.1 Å². The number of urea groups is 1. The average Bonchev–Trinajstić information content (AvgIpc) is 3.31. The number of hydrogen-bond acceptors (Lipinski definition) is 6. The minimum Gasteiger partial charge on any atom is -0.459 e. The normalized spacial score (nSPS) is 11.7. The molecule has 3 rings (SSSR count). The lowest BCUT2D eigenvalue weighted by atomic mass is 10.0. The number of nitrogens with zero attached hydrogens (tertiary/aromatic N) is 1. The Morgan fingerprint density at radius 3 is 2.74 bits per heavy atom. The van der Waals surface area contributed by atoms with Gasteiger partial charge in [-0.2, -0.15) is 0 Å². The number of carbonyl (C=O) groups excluding carboxylic acids is 2. The van der Waals surface area contributed by atoms with Gasteiger partial charge in [-0.1, -0.05) is 29.8 Å². The number of amides is 2. The third-order valence-corrected chi connectivity index (χ3v) is 4.73. The van der Waals surface area contributed by atoms with E-state index in [1.165, 1.54) is 17.6 Å². The number of oxazole rings is 1. The van der Waals surface area contributed by atoms with Gasteiger partial charge in [-0.3, -0.25) is 4.79 Å². The number of benzene rings is 1. The summed E-state index contributed by atoms with van der Waals surface area (Å²) in [6.07, 6.45) is 1.36. The van der Waals surface area contributed by atoms with Crippen LogP contribution in [0.2, 0.25) is 5.02 Å². The van der Waals surface area contributed by atoms with Gasteiger partial charge in [-0.15, -0.1) is 11.3 Å². The Labute approximate surface area is 164 Å². The first-order valence-electron chi connectivity index (χ1n) is 7.96. The van der Waals surface area contributed by atoms with Gasteiger partial charge in [0.15, 0.2) is 0 Å². The first kappa shape index (κ1) is 18.9. The fraction of sp³-hybridized carbons (Fsp3) is 0.167. The van der Waals surface area contributed by atoms with E-state index in [1.807, 2.05) is 17.5 Å². The maximum absolute atomic E-state index is 12.2. The van der Waals surface area contributed by atoms with Crippen LogP contribution < -0.4 is 11.1 Å². The molecule has 2 aromatic heterocycles. The fourth-order valence-corrected chi connectivity index (χ4v) is 3.17. The number of ether oxygens (including phenoxy) is 1. The third-order valence-electron chi connectivity index (χ3n) is 3.62. The number of nitrogens with one attached hydrogen (secondary N) is 1. The number of rotatable bonds is 7. The predicted octanol–water partition coefficient (Wildman–Crippen LogP) is 3.90. The monoisotopic (exact) mass is 405 g/mol. The molecule has 1 aromatic carbocycles. The first-order chi connectivity index (χ1) is 13.0. The number of hydrogen-bond donors (Lipinski definition) is 2. The Hall–Kier alpha value is -2.84. The van der Waals surface area contributed by atoms with Gasteiger partial charge in [-0.05, 0) is 29.1 Å². The number of halogens is 1. The van der Waals surface area contributed by atoms with Gasteiger partial charge in [0.1, 0.15) is 18.6 Å². The van der Waals surface area contributed by atoms with Crippen molar-refractivity contribution in [3.8, 4) is 10.8 Å². The topological polar surface area (TPSA) is 107 Å². The number of esters is 1. The quantitative estimate of drug-likeness (QED) is 0.579. The largest absolute Gasteiger partial charge is 0.459 e. The van der Waals surface area contributed by atoms with Crippen molar-refractivity contribution in [1.29, 1.82) is 0 Å². The first-order valence-corrected chi connectivity index (χ1v) is 9.22. The molecule has 3 N–H and O–H groups in total. The molecule has 0 saturated carbocycles. The van der Waals surface area contributed by atoms with Gasteiger partial charge in [0, 0.05) is 5.02 Å². The summed E-state index contributed by atoms with van der Waals surface area (Å²) in [6.45, 7) is -0.0301. The maximum atomic E-state index is 12.2. The molecule has 0 aliphatic heterocycles. The molecule has 0 fully saturated rings. The number of carbonyl (C=O) groups is 2. The summed E-state index contributed by atoms with van der Waals surface area (Å²) < 4.78 is 10.6. The molecule has 27 heavy (non-hydrogen) atoms. The molecule has 0 saturated heterocycles. The number of nitrogens with two attached hydrogens (primary N) is 1. The van der Waals surface area contributed by atoms with Crippen LogP contribution in [0.5, 0.6) is 0 Å². The molecule has 0 aliphatic carbocycles. The van der Waals surface area contributed by atoms with Crippen LogP contribution in [0.1, 0.15) is 23.7 Å². The molecule has 3 aromatic rings. The zero-order valence-electron chi connectivity index (χ0n) is 14.1. The molecule has 7 nitrogen and oxygen atoms in total. The number of primary amides is 1. The van der Waals surface area contributed by atoms with E-state index in [1.54, 1.807) is 24.3 Å². The minimum absolute atomic E-state index is 0.0301. The molecule has 140 valence electrons. The zero-order valence-corrected chi connectivity index (χ0v) is 15.6. The Kier molecular flexibility index (Phi) is 6.10. The summed E-state index contributed by atoms with van der Waals surface area (Å²) in [5.74, 6) is -0.0325. The van der Waals surface area contributed by atoms with Gasteiger partial charge >= 0.3 is 12.0 Å².